The lowest BCUT2D eigenvalue weighted by molar-refractivity contribution is -0.150. The van der Waals surface area contributed by atoms with Gasteiger partial charge in [-0.1, -0.05) is 15.9 Å². The van der Waals surface area contributed by atoms with Crippen molar-refractivity contribution in [3.8, 4) is 23.0 Å². The molecule has 1 aromatic heterocycles. The lowest BCUT2D eigenvalue weighted by atomic mass is 9.87. The first kappa shape index (κ1) is 33.7. The lowest BCUT2D eigenvalue weighted by Crippen LogP contribution is -2.48. The second-order valence-electron chi connectivity index (χ2n) is 12.2. The first-order chi connectivity index (χ1) is 23.0. The van der Waals surface area contributed by atoms with Gasteiger partial charge in [-0.25, -0.2) is 9.59 Å². The number of hydrogen-bond donors (Lipinski definition) is 2. The summed E-state index contributed by atoms with van der Waals surface area (Å²) in [4.78, 5) is 49.8. The fourth-order valence-corrected chi connectivity index (χ4v) is 7.56. The van der Waals surface area contributed by atoms with Crippen LogP contribution in [0.3, 0.4) is 0 Å². The van der Waals surface area contributed by atoms with Crippen molar-refractivity contribution in [2.75, 3.05) is 90.9 Å². The highest BCUT2D eigenvalue weighted by atomic mass is 79.9. The minimum absolute atomic E-state index is 0.182. The topological polar surface area (TPSA) is 144 Å². The van der Waals surface area contributed by atoms with E-state index in [1.54, 1.807) is 34.9 Å². The summed E-state index contributed by atoms with van der Waals surface area (Å²) < 4.78 is 34.0. The molecule has 3 aliphatic rings. The number of methoxy groups -OCH3 is 5. The van der Waals surface area contributed by atoms with Gasteiger partial charge in [-0.05, 0) is 31.7 Å². The summed E-state index contributed by atoms with van der Waals surface area (Å²) in [6.07, 6.45) is -1.34. The summed E-state index contributed by atoms with van der Waals surface area (Å²) in [6.45, 7) is 4.44. The van der Waals surface area contributed by atoms with Gasteiger partial charge >= 0.3 is 12.1 Å². The number of piperazine rings is 1. The molecule has 6 rings (SSSR count). The van der Waals surface area contributed by atoms with Crippen LogP contribution in [0.1, 0.15) is 40.6 Å². The van der Waals surface area contributed by atoms with Crippen LogP contribution in [0.4, 0.5) is 16.2 Å². The van der Waals surface area contributed by atoms with E-state index in [9.17, 15) is 14.4 Å². The quantitative estimate of drug-likeness (QED) is 0.255. The van der Waals surface area contributed by atoms with Crippen LogP contribution < -0.4 is 29.2 Å². The van der Waals surface area contributed by atoms with Crippen molar-refractivity contribution in [3.63, 3.8) is 0 Å². The Hall–Kier alpha value is -4.21. The molecule has 0 bridgehead atoms. The number of hydrogen-bond acceptors (Lipinski definition) is 11. The standard InChI is InChI=1S/C33H40BrN5O9/c1-33(31(41)47-7)29(46-6)24-23-18(15-34)16-39(20(23)14-21(26(24)36-33)48-32(42)38-10-8-37(2)9-11-38)30(40)19-12-17-13-22(43-3)27(44-4)28(45-5)25(17)35-19/h12-14,18,29,35-36H,8-11,15-16H2,1-7H3/t18-,29?,33-/m1/s1. The van der Waals surface area contributed by atoms with Crippen LogP contribution in [0.2, 0.25) is 0 Å². The van der Waals surface area contributed by atoms with Gasteiger partial charge in [-0.3, -0.25) is 4.79 Å². The van der Waals surface area contributed by atoms with Gasteiger partial charge in [0.25, 0.3) is 5.91 Å². The number of likely N-dealkylation sites (N-methyl/N-ethyl adjacent to an activating group) is 1. The van der Waals surface area contributed by atoms with E-state index in [0.717, 1.165) is 5.56 Å². The monoisotopic (exact) mass is 729 g/mol. The van der Waals surface area contributed by atoms with E-state index in [0.29, 0.717) is 88.8 Å². The Bertz CT molecular complexity index is 1770. The fraction of sp³-hybridized carbons (Fsp3) is 0.485. The third kappa shape index (κ3) is 5.28. The largest absolute Gasteiger partial charge is 0.493 e. The van der Waals surface area contributed by atoms with Crippen molar-refractivity contribution in [1.82, 2.24) is 14.8 Å². The van der Waals surface area contributed by atoms with Gasteiger partial charge in [0.2, 0.25) is 5.75 Å². The van der Waals surface area contributed by atoms with Gasteiger partial charge < -0.3 is 53.4 Å². The summed E-state index contributed by atoms with van der Waals surface area (Å²) in [6, 6.07) is 5.20. The Morgan fingerprint density at radius 3 is 2.25 bits per heavy atom. The van der Waals surface area contributed by atoms with E-state index >= 15 is 0 Å². The molecule has 1 unspecified atom stereocenters. The van der Waals surface area contributed by atoms with Crippen LogP contribution in [0.15, 0.2) is 18.2 Å². The number of H-pyrrole nitrogens is 1. The van der Waals surface area contributed by atoms with E-state index in [1.807, 2.05) is 7.05 Å². The number of amides is 2. The molecule has 1 saturated heterocycles. The summed E-state index contributed by atoms with van der Waals surface area (Å²) in [5.41, 5.74) is 1.97. The number of carbonyl (C=O) groups is 3. The number of carbonyl (C=O) groups excluding carboxylic acids is 3. The maximum atomic E-state index is 14.4. The number of halogens is 1. The highest BCUT2D eigenvalue weighted by molar-refractivity contribution is 9.09. The molecule has 2 amide bonds. The first-order valence-electron chi connectivity index (χ1n) is 15.5. The van der Waals surface area contributed by atoms with Gasteiger partial charge in [0.1, 0.15) is 11.8 Å². The van der Waals surface area contributed by atoms with Gasteiger partial charge in [-0.2, -0.15) is 0 Å². The number of nitrogens with one attached hydrogen (secondary N) is 2. The number of fused-ring (bicyclic) bond motifs is 4. The molecule has 0 aliphatic carbocycles. The van der Waals surface area contributed by atoms with E-state index in [1.165, 1.54) is 35.5 Å². The average molecular weight is 731 g/mol. The summed E-state index contributed by atoms with van der Waals surface area (Å²) >= 11 is 3.66. The summed E-state index contributed by atoms with van der Waals surface area (Å²) in [5, 5.41) is 4.49. The number of nitrogens with zero attached hydrogens (tertiary/aromatic N) is 3. The predicted molar refractivity (Wildman–Crippen MR) is 181 cm³/mol. The number of ether oxygens (including phenoxy) is 6. The van der Waals surface area contributed by atoms with Gasteiger partial charge in [0, 0.05) is 68.1 Å². The van der Waals surface area contributed by atoms with E-state index in [4.69, 9.17) is 28.4 Å². The van der Waals surface area contributed by atoms with Crippen LogP contribution in [0, 0.1) is 0 Å². The Kier molecular flexibility index (Phi) is 9.13. The molecular weight excluding hydrogens is 690 g/mol. The van der Waals surface area contributed by atoms with Crippen LogP contribution in [0.5, 0.6) is 23.0 Å². The normalized spacial score (nSPS) is 21.8. The molecule has 2 aromatic carbocycles. The van der Waals surface area contributed by atoms with Crippen molar-refractivity contribution in [2.45, 2.75) is 24.5 Å². The molecule has 3 aliphatic heterocycles. The number of rotatable bonds is 8. The number of anilines is 2. The van der Waals surface area contributed by atoms with Crippen molar-refractivity contribution in [3.05, 3.63) is 35.0 Å². The van der Waals surface area contributed by atoms with E-state index in [2.05, 4.69) is 31.1 Å². The molecule has 1 fully saturated rings. The second kappa shape index (κ2) is 13.0. The maximum absolute atomic E-state index is 14.4. The van der Waals surface area contributed by atoms with Gasteiger partial charge in [-0.15, -0.1) is 0 Å². The van der Waals surface area contributed by atoms with Crippen molar-refractivity contribution in [1.29, 1.82) is 0 Å². The van der Waals surface area contributed by atoms with Gasteiger partial charge in [0.15, 0.2) is 22.8 Å². The third-order valence-electron chi connectivity index (χ3n) is 9.51. The highest BCUT2D eigenvalue weighted by Gasteiger charge is 2.54. The minimum Gasteiger partial charge on any atom is -0.493 e. The van der Waals surface area contributed by atoms with Crippen LogP contribution in [0.25, 0.3) is 10.9 Å². The van der Waals surface area contributed by atoms with Crippen LogP contribution >= 0.6 is 15.9 Å². The Balaban J connectivity index is 1.48. The van der Waals surface area contributed by atoms with Crippen molar-refractivity contribution >= 4 is 56.2 Å². The second-order valence-corrected chi connectivity index (χ2v) is 12.9. The molecule has 48 heavy (non-hydrogen) atoms. The average Bonchev–Trinajstić information content (AvgIpc) is 3.78. The van der Waals surface area contributed by atoms with Crippen molar-refractivity contribution in [2.24, 2.45) is 0 Å². The summed E-state index contributed by atoms with van der Waals surface area (Å²) in [5.74, 6) is 0.394. The Morgan fingerprint density at radius 2 is 1.65 bits per heavy atom. The number of aromatic nitrogens is 1. The SMILES string of the molecule is COC(=O)[C@]1(C)Nc2c(OC(=O)N3CCN(C)CC3)cc3c(c2C1OC)[C@H](CBr)CN3C(=O)c1cc2cc(OC)c(OC)c(OC)c2[nH]1. The number of alkyl halides is 1. The van der Waals surface area contributed by atoms with Gasteiger partial charge in [0.05, 0.1) is 45.3 Å². The zero-order chi connectivity index (χ0) is 34.5. The smallest absolute Gasteiger partial charge is 0.415 e. The molecule has 0 spiro atoms. The molecule has 3 atom stereocenters. The highest BCUT2D eigenvalue weighted by Crippen LogP contribution is 2.56. The molecule has 3 aromatic rings. The van der Waals surface area contributed by atoms with Crippen LogP contribution in [-0.4, -0.2) is 119 Å². The molecule has 0 saturated carbocycles. The Morgan fingerprint density at radius 1 is 0.938 bits per heavy atom. The zero-order valence-electron chi connectivity index (χ0n) is 28.0. The summed E-state index contributed by atoms with van der Waals surface area (Å²) in [7, 11) is 9.39. The fourth-order valence-electron chi connectivity index (χ4n) is 7.03. The molecule has 2 N–H and O–H groups in total. The lowest BCUT2D eigenvalue weighted by Gasteiger charge is -2.31. The Labute approximate surface area is 286 Å². The van der Waals surface area contributed by atoms with E-state index < -0.39 is 23.7 Å². The maximum Gasteiger partial charge on any atom is 0.415 e. The van der Waals surface area contributed by atoms with Crippen LogP contribution in [-0.2, 0) is 14.3 Å². The molecule has 0 radical (unpaired) electrons. The first-order valence-corrected chi connectivity index (χ1v) is 16.6. The molecule has 258 valence electrons. The third-order valence-corrected chi connectivity index (χ3v) is 10.3. The predicted octanol–water partition coefficient (Wildman–Crippen LogP) is 4.12. The number of aromatic amines is 1. The molecule has 4 heterocycles. The van der Waals surface area contributed by atoms with Crippen molar-refractivity contribution < 1.29 is 42.8 Å². The number of benzene rings is 2. The van der Waals surface area contributed by atoms with E-state index in [-0.39, 0.29) is 17.6 Å². The molecule has 15 heteroatoms. The zero-order valence-corrected chi connectivity index (χ0v) is 29.6. The minimum atomic E-state index is -1.34. The number of esters is 1. The molecule has 14 nitrogen and oxygen atoms in total. The molecular formula is C33H40BrN5O9.